The van der Waals surface area contributed by atoms with Gasteiger partial charge in [0.25, 0.3) is 0 Å². The molecule has 86 valence electrons. The molecular formula is C14H12INO. The van der Waals surface area contributed by atoms with E-state index in [1.54, 1.807) is 24.3 Å². The largest absolute Gasteiger partial charge is 0.399 e. The Morgan fingerprint density at radius 1 is 1.00 bits per heavy atom. The van der Waals surface area contributed by atoms with Crippen molar-refractivity contribution in [3.8, 4) is 0 Å². The summed E-state index contributed by atoms with van der Waals surface area (Å²) in [4.78, 5) is 12.0. The van der Waals surface area contributed by atoms with Crippen molar-refractivity contribution >= 4 is 34.1 Å². The fourth-order valence-electron chi connectivity index (χ4n) is 1.56. The third kappa shape index (κ3) is 3.30. The molecule has 0 amide bonds. The number of nitrogens with two attached hydrogens (primary N) is 1. The molecule has 0 heterocycles. The summed E-state index contributed by atoms with van der Waals surface area (Å²) in [6, 6.07) is 15.0. The lowest BCUT2D eigenvalue weighted by Crippen LogP contribution is -2.03. The molecule has 17 heavy (non-hydrogen) atoms. The number of carbonyl (C=O) groups is 1. The third-order valence-electron chi connectivity index (χ3n) is 2.51. The molecule has 0 spiro atoms. The number of hydrogen-bond donors (Lipinski definition) is 1. The van der Waals surface area contributed by atoms with Gasteiger partial charge in [-0.2, -0.15) is 0 Å². The highest BCUT2D eigenvalue weighted by molar-refractivity contribution is 14.1. The number of anilines is 1. The predicted octanol–water partition coefficient (Wildman–Crippen LogP) is 3.30. The molecule has 0 saturated carbocycles. The lowest BCUT2D eigenvalue weighted by molar-refractivity contribution is 0.0993. The zero-order valence-corrected chi connectivity index (χ0v) is 11.3. The molecule has 0 fully saturated rings. The first-order chi connectivity index (χ1) is 8.15. The topological polar surface area (TPSA) is 43.1 Å². The molecule has 2 aromatic carbocycles. The highest BCUT2D eigenvalue weighted by atomic mass is 127. The molecule has 0 aliphatic rings. The average molecular weight is 337 g/mol. The first kappa shape index (κ1) is 12.1. The monoisotopic (exact) mass is 337 g/mol. The summed E-state index contributed by atoms with van der Waals surface area (Å²) in [5, 5.41) is 0. The zero-order valence-electron chi connectivity index (χ0n) is 9.19. The molecule has 0 radical (unpaired) electrons. The van der Waals surface area contributed by atoms with Gasteiger partial charge in [0.15, 0.2) is 5.78 Å². The lowest BCUT2D eigenvalue weighted by Gasteiger charge is -2.02. The van der Waals surface area contributed by atoms with Crippen LogP contribution >= 0.6 is 22.6 Å². The van der Waals surface area contributed by atoms with Crippen molar-refractivity contribution in [3.63, 3.8) is 0 Å². The molecule has 0 unspecified atom stereocenters. The van der Waals surface area contributed by atoms with Gasteiger partial charge in [-0.1, -0.05) is 12.1 Å². The summed E-state index contributed by atoms with van der Waals surface area (Å²) in [5.74, 6) is 0.117. The number of carbonyl (C=O) groups excluding carboxylic acids is 1. The molecule has 0 aliphatic carbocycles. The van der Waals surface area contributed by atoms with Crippen LogP contribution in [0.2, 0.25) is 0 Å². The van der Waals surface area contributed by atoms with Gasteiger partial charge in [-0.05, 0) is 64.6 Å². The maximum Gasteiger partial charge on any atom is 0.167 e. The number of hydrogen-bond acceptors (Lipinski definition) is 2. The van der Waals surface area contributed by atoms with Gasteiger partial charge < -0.3 is 5.73 Å². The number of nitrogen functional groups attached to an aromatic ring is 1. The second-order valence-electron chi connectivity index (χ2n) is 3.85. The Morgan fingerprint density at radius 3 is 2.18 bits per heavy atom. The lowest BCUT2D eigenvalue weighted by atomic mass is 10.0. The number of Topliss-reactive ketones (excluding diaryl/α,β-unsaturated/α-hetero) is 1. The van der Waals surface area contributed by atoms with Crippen molar-refractivity contribution in [1.82, 2.24) is 0 Å². The van der Waals surface area contributed by atoms with Crippen LogP contribution in [0.25, 0.3) is 0 Å². The number of halogens is 1. The Bertz CT molecular complexity index is 517. The van der Waals surface area contributed by atoms with Gasteiger partial charge >= 0.3 is 0 Å². The van der Waals surface area contributed by atoms with Gasteiger partial charge in [0.1, 0.15) is 0 Å². The molecule has 2 nitrogen and oxygen atoms in total. The standard InChI is InChI=1S/C14H12INO/c15-12-5-1-10(2-6-12)9-14(17)11-3-7-13(16)8-4-11/h1-8H,9,16H2. The molecule has 2 N–H and O–H groups in total. The molecule has 0 aromatic heterocycles. The minimum Gasteiger partial charge on any atom is -0.399 e. The molecular weight excluding hydrogens is 325 g/mol. The first-order valence-corrected chi connectivity index (χ1v) is 6.36. The summed E-state index contributed by atoms with van der Waals surface area (Å²) in [5.41, 5.74) is 8.00. The smallest absolute Gasteiger partial charge is 0.167 e. The Morgan fingerprint density at radius 2 is 1.59 bits per heavy atom. The van der Waals surface area contributed by atoms with E-state index >= 15 is 0 Å². The quantitative estimate of drug-likeness (QED) is 0.531. The summed E-state index contributed by atoms with van der Waals surface area (Å²) >= 11 is 2.25. The Kier molecular flexibility index (Phi) is 3.78. The molecule has 3 heteroatoms. The van der Waals surface area contributed by atoms with Crippen LogP contribution in [0.5, 0.6) is 0 Å². The SMILES string of the molecule is Nc1ccc(C(=O)Cc2ccc(I)cc2)cc1. The molecule has 0 bridgehead atoms. The van der Waals surface area contributed by atoms with Crippen molar-refractivity contribution < 1.29 is 4.79 Å². The van der Waals surface area contributed by atoms with Crippen LogP contribution in [0, 0.1) is 3.57 Å². The van der Waals surface area contributed by atoms with Crippen molar-refractivity contribution in [2.24, 2.45) is 0 Å². The highest BCUT2D eigenvalue weighted by Gasteiger charge is 2.06. The predicted molar refractivity (Wildman–Crippen MR) is 78.0 cm³/mol. The van der Waals surface area contributed by atoms with Crippen LogP contribution in [0.1, 0.15) is 15.9 Å². The van der Waals surface area contributed by atoms with Gasteiger partial charge in [0, 0.05) is 21.2 Å². The molecule has 0 aliphatic heterocycles. The van der Waals surface area contributed by atoms with E-state index in [-0.39, 0.29) is 5.78 Å². The number of benzene rings is 2. The van der Waals surface area contributed by atoms with Crippen molar-refractivity contribution in [2.45, 2.75) is 6.42 Å². The number of ketones is 1. The molecule has 2 aromatic rings. The zero-order chi connectivity index (χ0) is 12.3. The molecule has 0 atom stereocenters. The van der Waals surface area contributed by atoms with Gasteiger partial charge in [0.2, 0.25) is 0 Å². The Labute approximate surface area is 114 Å². The molecule has 2 rings (SSSR count). The van der Waals surface area contributed by atoms with E-state index in [9.17, 15) is 4.79 Å². The second-order valence-corrected chi connectivity index (χ2v) is 5.09. The summed E-state index contributed by atoms with van der Waals surface area (Å²) in [7, 11) is 0. The van der Waals surface area contributed by atoms with Crippen molar-refractivity contribution in [1.29, 1.82) is 0 Å². The second kappa shape index (κ2) is 5.31. The van der Waals surface area contributed by atoms with Crippen LogP contribution in [-0.2, 0) is 6.42 Å². The Hall–Kier alpha value is -1.36. The van der Waals surface area contributed by atoms with E-state index in [1.165, 1.54) is 3.57 Å². The Balaban J connectivity index is 2.11. The van der Waals surface area contributed by atoms with Gasteiger partial charge in [-0.25, -0.2) is 0 Å². The van der Waals surface area contributed by atoms with Gasteiger partial charge in [-0.3, -0.25) is 4.79 Å². The van der Waals surface area contributed by atoms with E-state index in [0.717, 1.165) is 5.56 Å². The summed E-state index contributed by atoms with van der Waals surface area (Å²) in [6.07, 6.45) is 0.431. The van der Waals surface area contributed by atoms with E-state index < -0.39 is 0 Å². The van der Waals surface area contributed by atoms with E-state index in [4.69, 9.17) is 5.73 Å². The number of rotatable bonds is 3. The maximum absolute atomic E-state index is 12.0. The van der Waals surface area contributed by atoms with Crippen LogP contribution in [0.3, 0.4) is 0 Å². The van der Waals surface area contributed by atoms with Crippen LogP contribution in [0.15, 0.2) is 48.5 Å². The average Bonchev–Trinajstić information content (AvgIpc) is 2.33. The third-order valence-corrected chi connectivity index (χ3v) is 3.23. The fourth-order valence-corrected chi connectivity index (χ4v) is 1.92. The van der Waals surface area contributed by atoms with E-state index in [2.05, 4.69) is 22.6 Å². The fraction of sp³-hybridized carbons (Fsp3) is 0.0714. The highest BCUT2D eigenvalue weighted by Crippen LogP contribution is 2.12. The minimum atomic E-state index is 0.117. The van der Waals surface area contributed by atoms with Crippen LogP contribution in [-0.4, -0.2) is 5.78 Å². The minimum absolute atomic E-state index is 0.117. The van der Waals surface area contributed by atoms with Gasteiger partial charge in [-0.15, -0.1) is 0 Å². The van der Waals surface area contributed by atoms with Crippen molar-refractivity contribution in [3.05, 3.63) is 63.2 Å². The summed E-state index contributed by atoms with van der Waals surface area (Å²) in [6.45, 7) is 0. The van der Waals surface area contributed by atoms with Crippen LogP contribution < -0.4 is 5.73 Å². The normalized spacial score (nSPS) is 10.2. The summed E-state index contributed by atoms with van der Waals surface area (Å²) < 4.78 is 1.17. The van der Waals surface area contributed by atoms with E-state index in [0.29, 0.717) is 17.7 Å². The van der Waals surface area contributed by atoms with Crippen LogP contribution in [0.4, 0.5) is 5.69 Å². The first-order valence-electron chi connectivity index (χ1n) is 5.28. The van der Waals surface area contributed by atoms with Crippen molar-refractivity contribution in [2.75, 3.05) is 5.73 Å². The van der Waals surface area contributed by atoms with E-state index in [1.807, 2.05) is 24.3 Å². The van der Waals surface area contributed by atoms with Gasteiger partial charge in [0.05, 0.1) is 0 Å². The maximum atomic E-state index is 12.0. The molecule has 0 saturated heterocycles.